The number of Topliss-reactive ketones (excluding diaryl/α,β-unsaturated/α-hetero) is 2. The lowest BCUT2D eigenvalue weighted by Gasteiger charge is -2.29. The molecule has 1 saturated carbocycles. The van der Waals surface area contributed by atoms with Crippen LogP contribution in [0.4, 0.5) is 0 Å². The highest BCUT2D eigenvalue weighted by Crippen LogP contribution is 2.48. The number of carbonyl (C=O) groups is 2. The Bertz CT molecular complexity index is 422. The van der Waals surface area contributed by atoms with Crippen molar-refractivity contribution < 1.29 is 19.4 Å². The average Bonchev–Trinajstić information content (AvgIpc) is 3.07. The molecule has 1 heterocycles. The summed E-state index contributed by atoms with van der Waals surface area (Å²) in [4.78, 5) is 23.8. The second-order valence-electron chi connectivity index (χ2n) is 6.40. The van der Waals surface area contributed by atoms with Crippen LogP contribution in [0.1, 0.15) is 40.0 Å². The molecule has 0 aromatic rings. The van der Waals surface area contributed by atoms with Crippen LogP contribution in [0.2, 0.25) is 0 Å². The lowest BCUT2D eigenvalue weighted by Crippen LogP contribution is -2.40. The number of aliphatic hydroxyl groups is 1. The van der Waals surface area contributed by atoms with Crippen LogP contribution >= 0.6 is 0 Å². The zero-order valence-corrected chi connectivity index (χ0v) is 11.8. The van der Waals surface area contributed by atoms with E-state index in [0.717, 1.165) is 0 Å². The summed E-state index contributed by atoms with van der Waals surface area (Å²) in [6, 6.07) is 0. The normalized spacial score (nSPS) is 36.8. The zero-order valence-electron chi connectivity index (χ0n) is 11.8. The van der Waals surface area contributed by atoms with E-state index in [0.29, 0.717) is 18.4 Å². The van der Waals surface area contributed by atoms with Gasteiger partial charge in [-0.1, -0.05) is 20.4 Å². The summed E-state index contributed by atoms with van der Waals surface area (Å²) in [6.45, 7) is 9.37. The molecule has 1 N–H and O–H groups in total. The third-order valence-electron chi connectivity index (χ3n) is 4.08. The number of epoxide rings is 1. The number of rotatable bonds is 5. The Labute approximate surface area is 113 Å². The molecule has 0 radical (unpaired) electrons. The summed E-state index contributed by atoms with van der Waals surface area (Å²) in [6.07, 6.45) is 1.12. The number of hydrogen-bond acceptors (Lipinski definition) is 4. The third kappa shape index (κ3) is 2.79. The molecule has 0 aromatic carbocycles. The Kier molecular flexibility index (Phi) is 3.67. The topological polar surface area (TPSA) is 66.9 Å². The first kappa shape index (κ1) is 14.4. The van der Waals surface area contributed by atoms with Crippen LogP contribution in [0, 0.1) is 11.8 Å². The number of ether oxygens (including phenoxy) is 1. The summed E-state index contributed by atoms with van der Waals surface area (Å²) in [5.41, 5.74) is -0.458. The monoisotopic (exact) mass is 266 g/mol. The molecule has 2 rings (SSSR count). The lowest BCUT2D eigenvalue weighted by atomic mass is 9.75. The molecule has 0 amide bonds. The molecule has 0 bridgehead atoms. The van der Waals surface area contributed by atoms with E-state index in [1.165, 1.54) is 0 Å². The molecule has 1 aliphatic heterocycles. The summed E-state index contributed by atoms with van der Waals surface area (Å²) >= 11 is 0. The molecule has 4 heteroatoms. The van der Waals surface area contributed by atoms with Gasteiger partial charge in [-0.2, -0.15) is 0 Å². The first-order valence-electron chi connectivity index (χ1n) is 6.88. The predicted molar refractivity (Wildman–Crippen MR) is 70.6 cm³/mol. The Morgan fingerprint density at radius 1 is 1.47 bits per heavy atom. The molecule has 0 unspecified atom stereocenters. The van der Waals surface area contributed by atoms with Gasteiger partial charge in [-0.15, -0.1) is 0 Å². The average molecular weight is 266 g/mol. The van der Waals surface area contributed by atoms with Crippen LogP contribution in [0.15, 0.2) is 12.2 Å². The Balaban J connectivity index is 1.98. The fourth-order valence-corrected chi connectivity index (χ4v) is 2.87. The quantitative estimate of drug-likeness (QED) is 0.467. The van der Waals surface area contributed by atoms with Gasteiger partial charge in [-0.05, 0) is 25.7 Å². The fourth-order valence-electron chi connectivity index (χ4n) is 2.87. The van der Waals surface area contributed by atoms with Gasteiger partial charge in [0, 0.05) is 17.9 Å². The van der Waals surface area contributed by atoms with Gasteiger partial charge in [0.15, 0.2) is 0 Å². The SMILES string of the molecule is C=C(C(=O)C(=O)CC(C)C)[C@H]1CC[C@](C)(O)[C@@H]2O[C@H]12. The Hall–Kier alpha value is -1.00. The molecule has 0 aromatic heterocycles. The van der Waals surface area contributed by atoms with Crippen LogP contribution in [-0.4, -0.2) is 34.5 Å². The van der Waals surface area contributed by atoms with Crippen molar-refractivity contribution in [2.24, 2.45) is 11.8 Å². The first-order valence-corrected chi connectivity index (χ1v) is 6.88. The van der Waals surface area contributed by atoms with E-state index in [-0.39, 0.29) is 36.2 Å². The van der Waals surface area contributed by atoms with E-state index >= 15 is 0 Å². The fraction of sp³-hybridized carbons (Fsp3) is 0.733. The van der Waals surface area contributed by atoms with Gasteiger partial charge in [0.2, 0.25) is 11.6 Å². The molecule has 1 aliphatic carbocycles. The van der Waals surface area contributed by atoms with Crippen molar-refractivity contribution in [1.29, 1.82) is 0 Å². The minimum Gasteiger partial charge on any atom is -0.387 e. The van der Waals surface area contributed by atoms with E-state index < -0.39 is 11.4 Å². The van der Waals surface area contributed by atoms with Gasteiger partial charge in [0.25, 0.3) is 0 Å². The Morgan fingerprint density at radius 3 is 2.68 bits per heavy atom. The van der Waals surface area contributed by atoms with Crippen molar-refractivity contribution in [2.75, 3.05) is 0 Å². The standard InChI is InChI=1S/C15H22O4/c1-8(2)7-11(16)12(17)9(3)10-5-6-15(4,18)14-13(10)19-14/h8,10,13-14,18H,3,5-7H2,1-2,4H3/t10-,13-,14-,15+/m1/s1. The van der Waals surface area contributed by atoms with Crippen molar-refractivity contribution in [1.82, 2.24) is 0 Å². The van der Waals surface area contributed by atoms with E-state index in [2.05, 4.69) is 6.58 Å². The van der Waals surface area contributed by atoms with Gasteiger partial charge < -0.3 is 9.84 Å². The van der Waals surface area contributed by atoms with Crippen molar-refractivity contribution in [3.63, 3.8) is 0 Å². The van der Waals surface area contributed by atoms with E-state index in [4.69, 9.17) is 4.74 Å². The maximum absolute atomic E-state index is 12.0. The number of fused-ring (bicyclic) bond motifs is 1. The molecule has 4 nitrogen and oxygen atoms in total. The van der Waals surface area contributed by atoms with Crippen LogP contribution in [-0.2, 0) is 14.3 Å². The van der Waals surface area contributed by atoms with Crippen molar-refractivity contribution >= 4 is 11.6 Å². The smallest absolute Gasteiger partial charge is 0.224 e. The number of carbonyl (C=O) groups excluding carboxylic acids is 2. The molecular weight excluding hydrogens is 244 g/mol. The zero-order chi connectivity index (χ0) is 14.4. The van der Waals surface area contributed by atoms with Crippen LogP contribution in [0.5, 0.6) is 0 Å². The van der Waals surface area contributed by atoms with Crippen molar-refractivity contribution in [3.8, 4) is 0 Å². The highest BCUT2D eigenvalue weighted by atomic mass is 16.6. The molecule has 106 valence electrons. The minimum atomic E-state index is -0.813. The summed E-state index contributed by atoms with van der Waals surface area (Å²) in [5, 5.41) is 10.0. The third-order valence-corrected chi connectivity index (χ3v) is 4.08. The van der Waals surface area contributed by atoms with Gasteiger partial charge in [-0.25, -0.2) is 0 Å². The second kappa shape index (κ2) is 4.84. The molecule has 0 spiro atoms. The lowest BCUT2D eigenvalue weighted by molar-refractivity contribution is -0.135. The number of hydrogen-bond donors (Lipinski definition) is 1. The highest BCUT2D eigenvalue weighted by molar-refractivity contribution is 6.43. The number of ketones is 2. The summed E-state index contributed by atoms with van der Waals surface area (Å²) in [5.74, 6) is -0.779. The maximum atomic E-state index is 12.0. The van der Waals surface area contributed by atoms with Gasteiger partial charge >= 0.3 is 0 Å². The molecule has 2 aliphatic rings. The minimum absolute atomic E-state index is 0.117. The summed E-state index contributed by atoms with van der Waals surface area (Å²) < 4.78 is 5.46. The highest BCUT2D eigenvalue weighted by Gasteiger charge is 2.59. The van der Waals surface area contributed by atoms with Crippen molar-refractivity contribution in [3.05, 3.63) is 12.2 Å². The molecular formula is C15H22O4. The predicted octanol–water partition coefficient (Wildman–Crippen LogP) is 1.66. The van der Waals surface area contributed by atoms with Crippen LogP contribution < -0.4 is 0 Å². The van der Waals surface area contributed by atoms with Gasteiger partial charge in [-0.3, -0.25) is 9.59 Å². The van der Waals surface area contributed by atoms with Gasteiger partial charge in [0.1, 0.15) is 6.10 Å². The van der Waals surface area contributed by atoms with E-state index in [1.54, 1.807) is 6.92 Å². The molecule has 2 fully saturated rings. The second-order valence-corrected chi connectivity index (χ2v) is 6.40. The van der Waals surface area contributed by atoms with Gasteiger partial charge in [0.05, 0.1) is 11.7 Å². The largest absolute Gasteiger partial charge is 0.387 e. The first-order chi connectivity index (χ1) is 8.74. The van der Waals surface area contributed by atoms with E-state index in [9.17, 15) is 14.7 Å². The van der Waals surface area contributed by atoms with Crippen molar-refractivity contribution in [2.45, 2.75) is 57.8 Å². The molecule has 19 heavy (non-hydrogen) atoms. The molecule has 1 saturated heterocycles. The maximum Gasteiger partial charge on any atom is 0.224 e. The molecule has 4 atom stereocenters. The van der Waals surface area contributed by atoms with Crippen LogP contribution in [0.25, 0.3) is 0 Å². The Morgan fingerprint density at radius 2 is 2.11 bits per heavy atom. The van der Waals surface area contributed by atoms with E-state index in [1.807, 2.05) is 13.8 Å². The van der Waals surface area contributed by atoms with Crippen LogP contribution in [0.3, 0.4) is 0 Å². The summed E-state index contributed by atoms with van der Waals surface area (Å²) in [7, 11) is 0.